The van der Waals surface area contributed by atoms with Crippen LogP contribution in [0.1, 0.15) is 33.1 Å². The van der Waals surface area contributed by atoms with Gasteiger partial charge in [-0.25, -0.2) is 13.1 Å². The summed E-state index contributed by atoms with van der Waals surface area (Å²) in [6.45, 7) is 3.85. The molecule has 1 saturated carbocycles. The first-order valence-corrected chi connectivity index (χ1v) is 7.20. The monoisotopic (exact) mass is 235 g/mol. The lowest BCUT2D eigenvalue weighted by molar-refractivity contribution is 0.213. The molecular formula is C10H21NO3S. The van der Waals surface area contributed by atoms with Gasteiger partial charge in [0.2, 0.25) is 10.0 Å². The molecule has 0 amide bonds. The van der Waals surface area contributed by atoms with Crippen LogP contribution in [0.5, 0.6) is 0 Å². The van der Waals surface area contributed by atoms with Crippen molar-refractivity contribution in [2.45, 2.75) is 39.2 Å². The van der Waals surface area contributed by atoms with E-state index in [2.05, 4.69) is 4.72 Å². The number of rotatable bonds is 5. The van der Waals surface area contributed by atoms with Gasteiger partial charge < -0.3 is 5.11 Å². The highest BCUT2D eigenvalue weighted by atomic mass is 32.2. The maximum Gasteiger partial charge on any atom is 0.212 e. The van der Waals surface area contributed by atoms with Crippen LogP contribution in [0.15, 0.2) is 0 Å². The van der Waals surface area contributed by atoms with Gasteiger partial charge in [-0.2, -0.15) is 0 Å². The number of hydrogen-bond donors (Lipinski definition) is 2. The van der Waals surface area contributed by atoms with E-state index in [1.807, 2.05) is 13.8 Å². The zero-order valence-electron chi connectivity index (χ0n) is 9.44. The van der Waals surface area contributed by atoms with E-state index < -0.39 is 10.0 Å². The summed E-state index contributed by atoms with van der Waals surface area (Å²) in [5.41, 5.74) is 0. The van der Waals surface area contributed by atoms with E-state index in [1.54, 1.807) is 0 Å². The third-order valence-electron chi connectivity index (χ3n) is 2.78. The summed E-state index contributed by atoms with van der Waals surface area (Å²) in [4.78, 5) is 0. The Labute approximate surface area is 92.1 Å². The lowest BCUT2D eigenvalue weighted by Crippen LogP contribution is -2.40. The third-order valence-corrected chi connectivity index (χ3v) is 4.54. The standard InChI is InChI=1S/C10H21NO3S/c1-8(2)7-15(13,14)11-10-5-3-4-9(10)6-12/h8-12H,3-7H2,1-2H3. The maximum atomic E-state index is 11.7. The van der Waals surface area contributed by atoms with Gasteiger partial charge >= 0.3 is 0 Å². The minimum atomic E-state index is -3.17. The molecule has 0 radical (unpaired) electrons. The van der Waals surface area contributed by atoms with Crippen molar-refractivity contribution in [2.24, 2.45) is 11.8 Å². The Balaban J connectivity index is 2.53. The van der Waals surface area contributed by atoms with Crippen molar-refractivity contribution in [1.82, 2.24) is 4.72 Å². The van der Waals surface area contributed by atoms with Gasteiger partial charge in [0.1, 0.15) is 0 Å². The van der Waals surface area contributed by atoms with Crippen LogP contribution in [-0.4, -0.2) is 31.9 Å². The van der Waals surface area contributed by atoms with Gasteiger partial charge in [0.25, 0.3) is 0 Å². The van der Waals surface area contributed by atoms with Gasteiger partial charge in [-0.05, 0) is 24.7 Å². The lowest BCUT2D eigenvalue weighted by atomic mass is 10.1. The quantitative estimate of drug-likeness (QED) is 0.738. The van der Waals surface area contributed by atoms with Crippen LogP contribution in [0.3, 0.4) is 0 Å². The highest BCUT2D eigenvalue weighted by Gasteiger charge is 2.30. The molecule has 1 aliphatic rings. The molecule has 2 atom stereocenters. The van der Waals surface area contributed by atoms with Crippen molar-refractivity contribution < 1.29 is 13.5 Å². The molecule has 0 saturated heterocycles. The fourth-order valence-electron chi connectivity index (χ4n) is 2.13. The molecule has 90 valence electrons. The second kappa shape index (κ2) is 5.27. The van der Waals surface area contributed by atoms with Crippen LogP contribution in [-0.2, 0) is 10.0 Å². The van der Waals surface area contributed by atoms with E-state index in [9.17, 15) is 8.42 Å². The Kier molecular flexibility index (Phi) is 4.55. The van der Waals surface area contributed by atoms with Gasteiger partial charge in [-0.15, -0.1) is 0 Å². The Morgan fingerprint density at radius 3 is 2.60 bits per heavy atom. The minimum absolute atomic E-state index is 0.0567. The zero-order chi connectivity index (χ0) is 11.5. The highest BCUT2D eigenvalue weighted by Crippen LogP contribution is 2.25. The Hall–Kier alpha value is -0.130. The van der Waals surface area contributed by atoms with Crippen LogP contribution in [0.4, 0.5) is 0 Å². The number of aliphatic hydroxyl groups is 1. The van der Waals surface area contributed by atoms with Crippen LogP contribution in [0, 0.1) is 11.8 Å². The topological polar surface area (TPSA) is 66.4 Å². The molecule has 4 nitrogen and oxygen atoms in total. The van der Waals surface area contributed by atoms with Crippen LogP contribution < -0.4 is 4.72 Å². The summed E-state index contributed by atoms with van der Waals surface area (Å²) >= 11 is 0. The fourth-order valence-corrected chi connectivity index (χ4v) is 3.87. The molecule has 2 N–H and O–H groups in total. The third kappa shape index (κ3) is 4.09. The van der Waals surface area contributed by atoms with Crippen molar-refractivity contribution in [3.05, 3.63) is 0 Å². The normalized spacial score (nSPS) is 27.5. The molecule has 0 bridgehead atoms. The summed E-state index contributed by atoms with van der Waals surface area (Å²) in [6.07, 6.45) is 2.77. The summed E-state index contributed by atoms with van der Waals surface area (Å²) < 4.78 is 26.0. The Morgan fingerprint density at radius 2 is 2.07 bits per heavy atom. The lowest BCUT2D eigenvalue weighted by Gasteiger charge is -2.19. The first-order chi connectivity index (χ1) is 6.94. The molecule has 0 aromatic rings. The van der Waals surface area contributed by atoms with Crippen molar-refractivity contribution in [3.63, 3.8) is 0 Å². The van der Waals surface area contributed by atoms with Gasteiger partial charge in [0.15, 0.2) is 0 Å². The predicted octanol–water partition coefficient (Wildman–Crippen LogP) is 0.723. The molecule has 5 heteroatoms. The van der Waals surface area contributed by atoms with Crippen molar-refractivity contribution in [1.29, 1.82) is 0 Å². The second-order valence-electron chi connectivity index (χ2n) is 4.77. The highest BCUT2D eigenvalue weighted by molar-refractivity contribution is 7.89. The molecule has 0 aromatic carbocycles. The number of hydrogen-bond acceptors (Lipinski definition) is 3. The van der Waals surface area contributed by atoms with E-state index >= 15 is 0 Å². The summed E-state index contributed by atoms with van der Waals surface area (Å²) in [5.74, 6) is 0.408. The van der Waals surface area contributed by atoms with Crippen molar-refractivity contribution in [3.8, 4) is 0 Å². The number of nitrogens with one attached hydrogen (secondary N) is 1. The predicted molar refractivity (Wildman–Crippen MR) is 60.0 cm³/mol. The molecule has 1 fully saturated rings. The van der Waals surface area contributed by atoms with Gasteiger partial charge in [0.05, 0.1) is 5.75 Å². The number of sulfonamides is 1. The molecule has 0 aromatic heterocycles. The molecule has 2 unspecified atom stereocenters. The zero-order valence-corrected chi connectivity index (χ0v) is 10.3. The largest absolute Gasteiger partial charge is 0.396 e. The minimum Gasteiger partial charge on any atom is -0.396 e. The first kappa shape index (κ1) is 12.9. The van der Waals surface area contributed by atoms with E-state index in [0.29, 0.717) is 0 Å². The smallest absolute Gasteiger partial charge is 0.212 e. The van der Waals surface area contributed by atoms with Crippen molar-refractivity contribution >= 4 is 10.0 Å². The molecule has 0 heterocycles. The molecule has 1 rings (SSSR count). The summed E-state index contributed by atoms with van der Waals surface area (Å²) in [7, 11) is -3.17. The van der Waals surface area contributed by atoms with E-state index in [1.165, 1.54) is 0 Å². The Morgan fingerprint density at radius 1 is 1.40 bits per heavy atom. The Bertz CT molecular complexity index is 287. The first-order valence-electron chi connectivity index (χ1n) is 5.55. The molecule has 0 spiro atoms. The van der Waals surface area contributed by atoms with Gasteiger partial charge in [-0.3, -0.25) is 0 Å². The second-order valence-corrected chi connectivity index (χ2v) is 6.57. The van der Waals surface area contributed by atoms with Crippen molar-refractivity contribution in [2.75, 3.05) is 12.4 Å². The average molecular weight is 235 g/mol. The molecule has 1 aliphatic carbocycles. The van der Waals surface area contributed by atoms with Gasteiger partial charge in [-0.1, -0.05) is 20.3 Å². The fraction of sp³-hybridized carbons (Fsp3) is 1.00. The van der Waals surface area contributed by atoms with Crippen LogP contribution in [0.2, 0.25) is 0 Å². The number of aliphatic hydroxyl groups excluding tert-OH is 1. The van der Waals surface area contributed by atoms with Crippen LogP contribution in [0.25, 0.3) is 0 Å². The maximum absolute atomic E-state index is 11.7. The van der Waals surface area contributed by atoms with E-state index in [4.69, 9.17) is 5.11 Å². The van der Waals surface area contributed by atoms with E-state index in [0.717, 1.165) is 19.3 Å². The average Bonchev–Trinajstić information content (AvgIpc) is 2.48. The SMILES string of the molecule is CC(C)CS(=O)(=O)NC1CCCC1CO. The van der Waals surface area contributed by atoms with E-state index in [-0.39, 0.29) is 30.2 Å². The summed E-state index contributed by atoms with van der Waals surface area (Å²) in [6, 6.07) is -0.0567. The molecule has 0 aliphatic heterocycles. The molecular weight excluding hydrogens is 214 g/mol. The summed E-state index contributed by atoms with van der Waals surface area (Å²) in [5, 5.41) is 9.08. The molecule has 15 heavy (non-hydrogen) atoms. The van der Waals surface area contributed by atoms with Gasteiger partial charge in [0, 0.05) is 12.6 Å². The van der Waals surface area contributed by atoms with Crippen LogP contribution >= 0.6 is 0 Å².